The Morgan fingerprint density at radius 1 is 1.44 bits per heavy atom. The van der Waals surface area contributed by atoms with Crippen molar-refractivity contribution in [1.82, 2.24) is 9.55 Å². The van der Waals surface area contributed by atoms with Gasteiger partial charge < -0.3 is 24.6 Å². The maximum Gasteiger partial charge on any atom is 0.351 e. The molecule has 1 unspecified atom stereocenters. The molecule has 0 spiro atoms. The molecule has 2 rings (SSSR count). The lowest BCUT2D eigenvalue weighted by molar-refractivity contribution is -0.118. The van der Waals surface area contributed by atoms with Crippen LogP contribution in [0.1, 0.15) is 32.6 Å². The zero-order chi connectivity index (χ0) is 20.1. The van der Waals surface area contributed by atoms with Crippen molar-refractivity contribution in [3.63, 3.8) is 0 Å². The lowest BCUT2D eigenvalue weighted by atomic mass is 10.0. The van der Waals surface area contributed by atoms with Gasteiger partial charge in [0.1, 0.15) is 11.9 Å². The van der Waals surface area contributed by atoms with Crippen LogP contribution in [0.25, 0.3) is 0 Å². The lowest BCUT2D eigenvalue weighted by Gasteiger charge is -2.23. The van der Waals surface area contributed by atoms with Gasteiger partial charge in [-0.3, -0.25) is 9.36 Å². The fraction of sp³-hybridized carbons (Fsp3) is 0.722. The molecular weight excluding hydrogens is 354 g/mol. The van der Waals surface area contributed by atoms with E-state index in [0.29, 0.717) is 18.8 Å². The molecule has 1 aliphatic heterocycles. The van der Waals surface area contributed by atoms with Gasteiger partial charge >= 0.3 is 5.69 Å². The van der Waals surface area contributed by atoms with E-state index in [0.717, 1.165) is 0 Å². The molecule has 2 heterocycles. The number of aromatic nitrogens is 2. The normalized spacial score (nSPS) is 25.1. The predicted octanol–water partition coefficient (Wildman–Crippen LogP) is 0.704. The third-order valence-corrected chi connectivity index (χ3v) is 4.65. The number of carbonyl (C=O) groups is 1. The quantitative estimate of drug-likeness (QED) is 0.636. The summed E-state index contributed by atoms with van der Waals surface area (Å²) in [5.41, 5.74) is 0.0683. The number of ether oxygens (including phenoxy) is 3. The van der Waals surface area contributed by atoms with Gasteiger partial charge in [0.2, 0.25) is 5.91 Å². The zero-order valence-corrected chi connectivity index (χ0v) is 16.5. The first kappa shape index (κ1) is 21.5. The Labute approximate surface area is 158 Å². The van der Waals surface area contributed by atoms with Crippen LogP contribution in [-0.4, -0.2) is 59.7 Å². The number of amides is 1. The summed E-state index contributed by atoms with van der Waals surface area (Å²) in [6.07, 6.45) is -0.0142. The Morgan fingerprint density at radius 2 is 2.15 bits per heavy atom. The monoisotopic (exact) mass is 383 g/mol. The molecule has 1 saturated heterocycles. The highest BCUT2D eigenvalue weighted by Gasteiger charge is 2.44. The van der Waals surface area contributed by atoms with Gasteiger partial charge in [0.25, 0.3) is 0 Å². The van der Waals surface area contributed by atoms with E-state index in [1.54, 1.807) is 34.1 Å². The fourth-order valence-corrected chi connectivity index (χ4v) is 2.92. The van der Waals surface area contributed by atoms with Crippen LogP contribution in [0.5, 0.6) is 0 Å². The van der Waals surface area contributed by atoms with Crippen LogP contribution in [-0.2, 0) is 19.0 Å². The number of hydrogen-bond donors (Lipinski definition) is 2. The first-order valence-corrected chi connectivity index (χ1v) is 9.07. The van der Waals surface area contributed by atoms with Crippen LogP contribution in [0.4, 0.5) is 5.82 Å². The Morgan fingerprint density at radius 3 is 2.74 bits per heavy atom. The lowest BCUT2D eigenvalue weighted by Crippen LogP contribution is -2.36. The van der Waals surface area contributed by atoms with Gasteiger partial charge in [-0.25, -0.2) is 4.79 Å². The smallest absolute Gasteiger partial charge is 0.351 e. The summed E-state index contributed by atoms with van der Waals surface area (Å²) in [4.78, 5) is 28.5. The second-order valence-corrected chi connectivity index (χ2v) is 7.04. The van der Waals surface area contributed by atoms with Crippen molar-refractivity contribution < 1.29 is 24.1 Å². The van der Waals surface area contributed by atoms with Crippen molar-refractivity contribution in [2.75, 3.05) is 32.2 Å². The number of carbonyl (C=O) groups excluding carboxylic acids is 1. The standard InChI is InChI=1S/C18H29N3O6/c1-10(2)16(23)19-15-11(3)8-21(18(24)20-15)17-14(26-7-6-25-5)12(4)13(9-22)27-17/h8,10,12-14,17,22H,6-7,9H2,1-5H3,(H,19,20,23,24)/t12?,13-,14+,17-/m1/s1. The molecule has 4 atom stereocenters. The highest BCUT2D eigenvalue weighted by Crippen LogP contribution is 2.35. The molecule has 1 aromatic heterocycles. The highest BCUT2D eigenvalue weighted by molar-refractivity contribution is 5.91. The van der Waals surface area contributed by atoms with Gasteiger partial charge in [-0.2, -0.15) is 4.98 Å². The summed E-state index contributed by atoms with van der Waals surface area (Å²) >= 11 is 0. The van der Waals surface area contributed by atoms with E-state index in [1.165, 1.54) is 4.57 Å². The van der Waals surface area contributed by atoms with Gasteiger partial charge in [-0.05, 0) is 6.92 Å². The van der Waals surface area contributed by atoms with Gasteiger partial charge in [0, 0.05) is 30.7 Å². The Hall–Kier alpha value is -1.81. The maximum atomic E-state index is 12.6. The van der Waals surface area contributed by atoms with Gasteiger partial charge in [-0.15, -0.1) is 0 Å². The van der Waals surface area contributed by atoms with E-state index in [-0.39, 0.29) is 30.2 Å². The number of nitrogens with one attached hydrogen (secondary N) is 1. The number of aliphatic hydroxyl groups excluding tert-OH is 1. The minimum atomic E-state index is -0.720. The third kappa shape index (κ3) is 4.92. The molecule has 1 aromatic rings. The molecule has 9 heteroatoms. The second kappa shape index (κ2) is 9.41. The van der Waals surface area contributed by atoms with Crippen molar-refractivity contribution in [3.05, 3.63) is 22.2 Å². The molecule has 152 valence electrons. The molecule has 9 nitrogen and oxygen atoms in total. The van der Waals surface area contributed by atoms with Gasteiger partial charge in [0.15, 0.2) is 6.23 Å². The first-order chi connectivity index (χ1) is 12.8. The number of methoxy groups -OCH3 is 1. The number of hydrogen-bond acceptors (Lipinski definition) is 7. The largest absolute Gasteiger partial charge is 0.394 e. The van der Waals surface area contributed by atoms with Crippen molar-refractivity contribution in [3.8, 4) is 0 Å². The van der Waals surface area contributed by atoms with Crippen LogP contribution >= 0.6 is 0 Å². The van der Waals surface area contributed by atoms with Crippen molar-refractivity contribution in [1.29, 1.82) is 0 Å². The number of nitrogens with zero attached hydrogens (tertiary/aromatic N) is 2. The molecule has 1 aliphatic rings. The Bertz CT molecular complexity index is 705. The molecule has 0 saturated carbocycles. The molecule has 0 radical (unpaired) electrons. The number of aryl methyl sites for hydroxylation is 1. The minimum absolute atomic E-state index is 0.121. The molecule has 2 N–H and O–H groups in total. The Kier molecular flexibility index (Phi) is 7.49. The maximum absolute atomic E-state index is 12.6. The van der Waals surface area contributed by atoms with Gasteiger partial charge in [-0.1, -0.05) is 20.8 Å². The number of aliphatic hydroxyl groups is 1. The summed E-state index contributed by atoms with van der Waals surface area (Å²) in [6, 6.07) is 0. The van der Waals surface area contributed by atoms with E-state index in [2.05, 4.69) is 10.3 Å². The van der Waals surface area contributed by atoms with Crippen LogP contribution in [0.3, 0.4) is 0 Å². The number of rotatable bonds is 8. The van der Waals surface area contributed by atoms with Crippen molar-refractivity contribution >= 4 is 11.7 Å². The van der Waals surface area contributed by atoms with Gasteiger partial charge in [0.05, 0.1) is 25.9 Å². The predicted molar refractivity (Wildman–Crippen MR) is 98.5 cm³/mol. The fourth-order valence-electron chi connectivity index (χ4n) is 2.92. The molecule has 0 aliphatic carbocycles. The van der Waals surface area contributed by atoms with Crippen LogP contribution in [0.2, 0.25) is 0 Å². The minimum Gasteiger partial charge on any atom is -0.394 e. The average Bonchev–Trinajstić information content (AvgIpc) is 2.93. The van der Waals surface area contributed by atoms with Crippen molar-refractivity contribution in [2.24, 2.45) is 11.8 Å². The topological polar surface area (TPSA) is 112 Å². The van der Waals surface area contributed by atoms with E-state index < -0.39 is 24.1 Å². The van der Waals surface area contributed by atoms with Crippen LogP contribution in [0, 0.1) is 18.8 Å². The zero-order valence-electron chi connectivity index (χ0n) is 16.5. The summed E-state index contributed by atoms with van der Waals surface area (Å²) in [6.45, 7) is 7.75. The second-order valence-electron chi connectivity index (χ2n) is 7.04. The summed E-state index contributed by atoms with van der Waals surface area (Å²) in [5, 5.41) is 12.2. The first-order valence-electron chi connectivity index (χ1n) is 9.07. The highest BCUT2D eigenvalue weighted by atomic mass is 16.6. The molecular formula is C18H29N3O6. The van der Waals surface area contributed by atoms with E-state index in [1.807, 2.05) is 6.92 Å². The van der Waals surface area contributed by atoms with Crippen LogP contribution < -0.4 is 11.0 Å². The molecule has 27 heavy (non-hydrogen) atoms. The summed E-state index contributed by atoms with van der Waals surface area (Å²) in [7, 11) is 1.58. The molecule has 1 fully saturated rings. The summed E-state index contributed by atoms with van der Waals surface area (Å²) < 4.78 is 18.1. The third-order valence-electron chi connectivity index (χ3n) is 4.65. The summed E-state index contributed by atoms with van der Waals surface area (Å²) in [5.74, 6) is -0.327. The molecule has 0 bridgehead atoms. The van der Waals surface area contributed by atoms with Crippen molar-refractivity contribution in [2.45, 2.75) is 46.1 Å². The number of anilines is 1. The van der Waals surface area contributed by atoms with Crippen LogP contribution in [0.15, 0.2) is 11.0 Å². The van der Waals surface area contributed by atoms with E-state index in [9.17, 15) is 14.7 Å². The SMILES string of the molecule is COCCO[C@H]1C(C)[C@@H](CO)O[C@H]1n1cc(C)c(NC(=O)C(C)C)nc1=O. The molecule has 0 aromatic carbocycles. The Balaban J connectivity index is 2.30. The molecule has 1 amide bonds. The average molecular weight is 383 g/mol. The van der Waals surface area contributed by atoms with E-state index >= 15 is 0 Å². The van der Waals surface area contributed by atoms with E-state index in [4.69, 9.17) is 14.2 Å².